The standard InChI is InChI=1S/C15H30N2/c1-13-7-4-3-5-9-15(13)16-11-14-8-6-10-17(2)12-14/h13-16H,3-12H2,1-2H3. The largest absolute Gasteiger partial charge is 0.313 e. The maximum Gasteiger partial charge on any atom is 0.00928 e. The molecule has 1 saturated heterocycles. The number of likely N-dealkylation sites (tertiary alicyclic amines) is 1. The second kappa shape index (κ2) is 6.75. The van der Waals surface area contributed by atoms with Gasteiger partial charge in [0.1, 0.15) is 0 Å². The summed E-state index contributed by atoms with van der Waals surface area (Å²) in [6, 6.07) is 0.796. The number of nitrogens with one attached hydrogen (secondary N) is 1. The fourth-order valence-corrected chi connectivity index (χ4v) is 3.55. The van der Waals surface area contributed by atoms with Crippen LogP contribution >= 0.6 is 0 Å². The van der Waals surface area contributed by atoms with Gasteiger partial charge in [-0.1, -0.05) is 26.2 Å². The van der Waals surface area contributed by atoms with Crippen molar-refractivity contribution in [2.45, 2.75) is 57.9 Å². The summed E-state index contributed by atoms with van der Waals surface area (Å²) < 4.78 is 0. The van der Waals surface area contributed by atoms with Crippen molar-refractivity contribution in [1.29, 1.82) is 0 Å². The van der Waals surface area contributed by atoms with E-state index in [1.54, 1.807) is 0 Å². The fourth-order valence-electron chi connectivity index (χ4n) is 3.55. The smallest absolute Gasteiger partial charge is 0.00928 e. The highest BCUT2D eigenvalue weighted by Gasteiger charge is 2.22. The number of nitrogens with zero attached hydrogens (tertiary/aromatic N) is 1. The average molecular weight is 238 g/mol. The van der Waals surface area contributed by atoms with Crippen molar-refractivity contribution < 1.29 is 0 Å². The molecule has 0 spiro atoms. The zero-order valence-electron chi connectivity index (χ0n) is 11.8. The van der Waals surface area contributed by atoms with Crippen LogP contribution in [0.15, 0.2) is 0 Å². The molecule has 3 atom stereocenters. The fraction of sp³-hybridized carbons (Fsp3) is 1.00. The van der Waals surface area contributed by atoms with E-state index in [0.717, 1.165) is 17.9 Å². The lowest BCUT2D eigenvalue weighted by atomic mass is 9.94. The number of hydrogen-bond donors (Lipinski definition) is 1. The molecule has 0 aromatic carbocycles. The van der Waals surface area contributed by atoms with E-state index in [9.17, 15) is 0 Å². The second-order valence-corrected chi connectivity index (χ2v) is 6.40. The number of piperidine rings is 1. The summed E-state index contributed by atoms with van der Waals surface area (Å²) in [5, 5.41) is 3.87. The van der Waals surface area contributed by atoms with Gasteiger partial charge in [-0.05, 0) is 57.7 Å². The topological polar surface area (TPSA) is 15.3 Å². The molecule has 0 amide bonds. The minimum Gasteiger partial charge on any atom is -0.313 e. The quantitative estimate of drug-likeness (QED) is 0.761. The normalized spacial score (nSPS) is 36.7. The first-order chi connectivity index (χ1) is 8.25. The molecule has 1 aliphatic carbocycles. The van der Waals surface area contributed by atoms with Gasteiger partial charge in [0.15, 0.2) is 0 Å². The van der Waals surface area contributed by atoms with Crippen molar-refractivity contribution in [3.05, 3.63) is 0 Å². The van der Waals surface area contributed by atoms with Crippen molar-refractivity contribution in [2.75, 3.05) is 26.7 Å². The van der Waals surface area contributed by atoms with E-state index >= 15 is 0 Å². The molecule has 1 N–H and O–H groups in total. The third-order valence-electron chi connectivity index (χ3n) is 4.75. The molecule has 17 heavy (non-hydrogen) atoms. The summed E-state index contributed by atoms with van der Waals surface area (Å²) in [5.41, 5.74) is 0. The van der Waals surface area contributed by atoms with Gasteiger partial charge in [0.2, 0.25) is 0 Å². The van der Waals surface area contributed by atoms with E-state index < -0.39 is 0 Å². The summed E-state index contributed by atoms with van der Waals surface area (Å²) in [4.78, 5) is 2.49. The van der Waals surface area contributed by atoms with Crippen LogP contribution in [0.5, 0.6) is 0 Å². The van der Waals surface area contributed by atoms with Gasteiger partial charge < -0.3 is 10.2 Å². The van der Waals surface area contributed by atoms with Crippen LogP contribution in [0.2, 0.25) is 0 Å². The summed E-state index contributed by atoms with van der Waals surface area (Å²) in [6.07, 6.45) is 10.0. The van der Waals surface area contributed by atoms with Crippen LogP contribution in [-0.2, 0) is 0 Å². The van der Waals surface area contributed by atoms with Gasteiger partial charge in [-0.25, -0.2) is 0 Å². The van der Waals surface area contributed by atoms with Crippen molar-refractivity contribution in [3.8, 4) is 0 Å². The number of rotatable bonds is 3. The molecule has 3 unspecified atom stereocenters. The molecule has 1 saturated carbocycles. The van der Waals surface area contributed by atoms with Gasteiger partial charge in [-0.15, -0.1) is 0 Å². The molecule has 2 aliphatic rings. The van der Waals surface area contributed by atoms with Gasteiger partial charge in [0.05, 0.1) is 0 Å². The minimum absolute atomic E-state index is 0.796. The second-order valence-electron chi connectivity index (χ2n) is 6.40. The molecule has 1 heterocycles. The third-order valence-corrected chi connectivity index (χ3v) is 4.75. The molecule has 1 aliphatic heterocycles. The van der Waals surface area contributed by atoms with Gasteiger partial charge in [-0.3, -0.25) is 0 Å². The van der Waals surface area contributed by atoms with Crippen LogP contribution in [-0.4, -0.2) is 37.6 Å². The Morgan fingerprint density at radius 1 is 1.06 bits per heavy atom. The molecule has 2 nitrogen and oxygen atoms in total. The van der Waals surface area contributed by atoms with E-state index in [1.807, 2.05) is 0 Å². The lowest BCUT2D eigenvalue weighted by Crippen LogP contribution is -2.42. The van der Waals surface area contributed by atoms with Gasteiger partial charge in [0.25, 0.3) is 0 Å². The molecule has 2 heteroatoms. The first-order valence-electron chi connectivity index (χ1n) is 7.67. The Hall–Kier alpha value is -0.0800. The SMILES string of the molecule is CC1CCCCCC1NCC1CCCN(C)C1. The molecule has 0 bridgehead atoms. The van der Waals surface area contributed by atoms with E-state index in [1.165, 1.54) is 64.6 Å². The lowest BCUT2D eigenvalue weighted by Gasteiger charge is -2.32. The molecule has 0 aromatic heterocycles. The summed E-state index contributed by atoms with van der Waals surface area (Å²) >= 11 is 0. The van der Waals surface area contributed by atoms with Crippen LogP contribution in [0.4, 0.5) is 0 Å². The highest BCUT2D eigenvalue weighted by Crippen LogP contribution is 2.23. The molecule has 0 radical (unpaired) electrons. The Morgan fingerprint density at radius 3 is 2.71 bits per heavy atom. The molecule has 2 fully saturated rings. The van der Waals surface area contributed by atoms with E-state index in [4.69, 9.17) is 0 Å². The Bertz CT molecular complexity index is 217. The van der Waals surface area contributed by atoms with Crippen LogP contribution in [0, 0.1) is 11.8 Å². The maximum absolute atomic E-state index is 3.87. The zero-order chi connectivity index (χ0) is 12.1. The van der Waals surface area contributed by atoms with Gasteiger partial charge in [0, 0.05) is 12.6 Å². The Balaban J connectivity index is 1.72. The van der Waals surface area contributed by atoms with Gasteiger partial charge >= 0.3 is 0 Å². The summed E-state index contributed by atoms with van der Waals surface area (Å²) in [6.45, 7) is 6.29. The van der Waals surface area contributed by atoms with Crippen LogP contribution in [0.1, 0.15) is 51.9 Å². The molecule has 100 valence electrons. The van der Waals surface area contributed by atoms with E-state index in [0.29, 0.717) is 0 Å². The van der Waals surface area contributed by atoms with Crippen LogP contribution < -0.4 is 5.32 Å². The highest BCUT2D eigenvalue weighted by molar-refractivity contribution is 4.79. The average Bonchev–Trinajstić information content (AvgIpc) is 2.52. The first kappa shape index (κ1) is 13.4. The van der Waals surface area contributed by atoms with Crippen molar-refractivity contribution in [3.63, 3.8) is 0 Å². The predicted molar refractivity (Wildman–Crippen MR) is 74.3 cm³/mol. The highest BCUT2D eigenvalue weighted by atomic mass is 15.1. The number of hydrogen-bond acceptors (Lipinski definition) is 2. The van der Waals surface area contributed by atoms with Crippen molar-refractivity contribution in [2.24, 2.45) is 11.8 Å². The van der Waals surface area contributed by atoms with Crippen LogP contribution in [0.25, 0.3) is 0 Å². The predicted octanol–water partition coefficient (Wildman–Crippen LogP) is 2.89. The van der Waals surface area contributed by atoms with Crippen molar-refractivity contribution >= 4 is 0 Å². The van der Waals surface area contributed by atoms with Gasteiger partial charge in [-0.2, -0.15) is 0 Å². The lowest BCUT2D eigenvalue weighted by molar-refractivity contribution is 0.197. The Kier molecular flexibility index (Phi) is 5.30. The zero-order valence-corrected chi connectivity index (χ0v) is 11.8. The molecule has 2 rings (SSSR count). The van der Waals surface area contributed by atoms with E-state index in [-0.39, 0.29) is 0 Å². The Labute approximate surface area is 107 Å². The first-order valence-corrected chi connectivity index (χ1v) is 7.67. The Morgan fingerprint density at radius 2 is 1.88 bits per heavy atom. The summed E-state index contributed by atoms with van der Waals surface area (Å²) in [7, 11) is 2.26. The summed E-state index contributed by atoms with van der Waals surface area (Å²) in [5.74, 6) is 1.78. The molecular formula is C15H30N2. The third kappa shape index (κ3) is 4.26. The molecule has 0 aromatic rings. The van der Waals surface area contributed by atoms with Crippen LogP contribution in [0.3, 0.4) is 0 Å². The van der Waals surface area contributed by atoms with Crippen molar-refractivity contribution in [1.82, 2.24) is 10.2 Å². The van der Waals surface area contributed by atoms with E-state index in [2.05, 4.69) is 24.2 Å². The maximum atomic E-state index is 3.87. The minimum atomic E-state index is 0.796. The molecular weight excluding hydrogens is 208 g/mol. The monoisotopic (exact) mass is 238 g/mol.